The summed E-state index contributed by atoms with van der Waals surface area (Å²) in [5.74, 6) is 0.850. The van der Waals surface area contributed by atoms with Crippen LogP contribution in [0.3, 0.4) is 0 Å². The Kier molecular flexibility index (Phi) is 5.72. The molecule has 0 aromatic heterocycles. The highest BCUT2D eigenvalue weighted by atomic mass is 16.5. The topological polar surface area (TPSA) is 27.7 Å². The molecule has 0 saturated carbocycles. The Morgan fingerprint density at radius 2 is 1.88 bits per heavy atom. The highest BCUT2D eigenvalue weighted by Crippen LogP contribution is 2.12. The van der Waals surface area contributed by atoms with Crippen molar-refractivity contribution in [2.75, 3.05) is 14.2 Å². The summed E-state index contributed by atoms with van der Waals surface area (Å²) in [4.78, 5) is 0. The molecule has 0 radical (unpaired) electrons. The van der Waals surface area contributed by atoms with Crippen molar-refractivity contribution in [2.24, 2.45) is 0 Å². The number of hydrogen-bond donors (Lipinski definition) is 0. The van der Waals surface area contributed by atoms with Gasteiger partial charge in [0, 0.05) is 0 Å². The summed E-state index contributed by atoms with van der Waals surface area (Å²) in [7, 11) is 3.27. The van der Waals surface area contributed by atoms with Crippen molar-refractivity contribution < 1.29 is 14.2 Å². The van der Waals surface area contributed by atoms with Gasteiger partial charge in [-0.05, 0) is 36.3 Å². The fourth-order valence-corrected chi connectivity index (χ4v) is 1.21. The van der Waals surface area contributed by atoms with E-state index < -0.39 is 0 Å². The van der Waals surface area contributed by atoms with Gasteiger partial charge in [-0.1, -0.05) is 12.1 Å². The normalized spacial score (nSPS) is 11.6. The van der Waals surface area contributed by atoms with Crippen molar-refractivity contribution in [2.45, 2.75) is 13.5 Å². The van der Waals surface area contributed by atoms with Gasteiger partial charge in [0.25, 0.3) is 0 Å². The molecule has 0 saturated heterocycles. The van der Waals surface area contributed by atoms with Crippen molar-refractivity contribution in [3.05, 3.63) is 54.0 Å². The predicted octanol–water partition coefficient (Wildman–Crippen LogP) is 3.28. The number of methoxy groups -OCH3 is 2. The molecule has 0 aliphatic rings. The van der Waals surface area contributed by atoms with Gasteiger partial charge in [0.15, 0.2) is 0 Å². The Balaban J connectivity index is 2.42. The van der Waals surface area contributed by atoms with Crippen LogP contribution >= 0.6 is 0 Å². The first-order valence-corrected chi connectivity index (χ1v) is 5.37. The molecule has 3 nitrogen and oxygen atoms in total. The maximum Gasteiger partial charge on any atom is 0.118 e. The number of hydrogen-bond acceptors (Lipinski definition) is 3. The molecule has 1 rings (SSSR count). The van der Waals surface area contributed by atoms with Gasteiger partial charge >= 0.3 is 0 Å². The maximum atomic E-state index is 5.44. The van der Waals surface area contributed by atoms with Crippen LogP contribution in [0.1, 0.15) is 12.5 Å². The van der Waals surface area contributed by atoms with E-state index in [0.29, 0.717) is 6.61 Å². The first-order chi connectivity index (χ1) is 8.26. The summed E-state index contributed by atoms with van der Waals surface area (Å²) < 4.78 is 15.3. The van der Waals surface area contributed by atoms with Gasteiger partial charge in [0.05, 0.1) is 26.7 Å². The average Bonchev–Trinajstić information content (AvgIpc) is 2.37. The summed E-state index contributed by atoms with van der Waals surface area (Å²) in [6.45, 7) is 2.49. The molecule has 0 bridgehead atoms. The summed E-state index contributed by atoms with van der Waals surface area (Å²) in [5, 5.41) is 0. The van der Waals surface area contributed by atoms with Gasteiger partial charge < -0.3 is 14.2 Å². The second-order valence-electron chi connectivity index (χ2n) is 3.56. The molecule has 0 spiro atoms. The molecule has 0 aliphatic carbocycles. The summed E-state index contributed by atoms with van der Waals surface area (Å²) in [5.41, 5.74) is 2.10. The van der Waals surface area contributed by atoms with Gasteiger partial charge in [0.2, 0.25) is 0 Å². The molecule has 0 unspecified atom stereocenters. The third kappa shape index (κ3) is 5.11. The lowest BCUT2D eigenvalue weighted by Crippen LogP contribution is -1.88. The Bertz CT molecular complexity index is 377. The monoisotopic (exact) mass is 234 g/mol. The molecular formula is C14H18O3. The summed E-state index contributed by atoms with van der Waals surface area (Å²) >= 11 is 0. The standard InChI is InChI=1S/C14H18O3/c1-12(8-9-15-2)10-17-11-13-4-6-14(16-3)7-5-13/h4-10H,11H2,1-3H3/b9-8+,12-10+. The average molecular weight is 234 g/mol. The van der Waals surface area contributed by atoms with Crippen LogP contribution in [0.5, 0.6) is 5.75 Å². The van der Waals surface area contributed by atoms with Crippen molar-refractivity contribution in [3.8, 4) is 5.75 Å². The van der Waals surface area contributed by atoms with E-state index in [1.807, 2.05) is 37.3 Å². The van der Waals surface area contributed by atoms with Crippen molar-refractivity contribution in [3.63, 3.8) is 0 Å². The maximum absolute atomic E-state index is 5.44. The second-order valence-corrected chi connectivity index (χ2v) is 3.56. The van der Waals surface area contributed by atoms with E-state index in [2.05, 4.69) is 0 Å². The van der Waals surface area contributed by atoms with E-state index in [1.165, 1.54) is 0 Å². The SMILES string of the molecule is CO/C=C/C(C)=C/OCc1ccc(OC)cc1. The Labute approximate surface area is 102 Å². The minimum atomic E-state index is 0.544. The first-order valence-electron chi connectivity index (χ1n) is 5.37. The molecule has 0 fully saturated rings. The molecule has 0 amide bonds. The van der Waals surface area contributed by atoms with Gasteiger partial charge in [-0.2, -0.15) is 0 Å². The van der Waals surface area contributed by atoms with Gasteiger partial charge in [-0.25, -0.2) is 0 Å². The smallest absolute Gasteiger partial charge is 0.118 e. The van der Waals surface area contributed by atoms with E-state index in [1.54, 1.807) is 26.7 Å². The van der Waals surface area contributed by atoms with Crippen LogP contribution in [-0.2, 0) is 16.1 Å². The predicted molar refractivity (Wildman–Crippen MR) is 67.7 cm³/mol. The molecule has 0 heterocycles. The molecule has 0 aliphatic heterocycles. The Hall–Kier alpha value is -1.90. The minimum Gasteiger partial charge on any atom is -0.504 e. The van der Waals surface area contributed by atoms with Crippen LogP contribution in [0.15, 0.2) is 48.4 Å². The number of allylic oxidation sites excluding steroid dienone is 2. The van der Waals surface area contributed by atoms with Crippen LogP contribution in [0.25, 0.3) is 0 Å². The molecule has 3 heteroatoms. The fraction of sp³-hybridized carbons (Fsp3) is 0.286. The minimum absolute atomic E-state index is 0.544. The van der Waals surface area contributed by atoms with E-state index in [9.17, 15) is 0 Å². The zero-order valence-corrected chi connectivity index (χ0v) is 10.5. The van der Waals surface area contributed by atoms with E-state index in [4.69, 9.17) is 14.2 Å². The van der Waals surface area contributed by atoms with E-state index in [0.717, 1.165) is 16.9 Å². The van der Waals surface area contributed by atoms with Crippen LogP contribution in [0.2, 0.25) is 0 Å². The van der Waals surface area contributed by atoms with Crippen LogP contribution in [0, 0.1) is 0 Å². The van der Waals surface area contributed by atoms with Crippen LogP contribution in [-0.4, -0.2) is 14.2 Å². The zero-order valence-electron chi connectivity index (χ0n) is 10.5. The first kappa shape index (κ1) is 13.2. The lowest BCUT2D eigenvalue weighted by molar-refractivity contribution is 0.234. The highest BCUT2D eigenvalue weighted by Gasteiger charge is 1.93. The summed E-state index contributed by atoms with van der Waals surface area (Å²) in [6.07, 6.45) is 5.16. The second kappa shape index (κ2) is 7.39. The fourth-order valence-electron chi connectivity index (χ4n) is 1.21. The Morgan fingerprint density at radius 3 is 2.47 bits per heavy atom. The number of benzene rings is 1. The third-order valence-corrected chi connectivity index (χ3v) is 2.15. The largest absolute Gasteiger partial charge is 0.504 e. The van der Waals surface area contributed by atoms with E-state index in [-0.39, 0.29) is 0 Å². The van der Waals surface area contributed by atoms with Crippen molar-refractivity contribution >= 4 is 0 Å². The van der Waals surface area contributed by atoms with E-state index >= 15 is 0 Å². The third-order valence-electron chi connectivity index (χ3n) is 2.15. The Morgan fingerprint density at radius 1 is 1.18 bits per heavy atom. The molecule has 17 heavy (non-hydrogen) atoms. The highest BCUT2D eigenvalue weighted by molar-refractivity contribution is 5.26. The molecule has 0 N–H and O–H groups in total. The number of rotatable bonds is 6. The summed E-state index contributed by atoms with van der Waals surface area (Å²) in [6, 6.07) is 7.79. The molecule has 92 valence electrons. The lowest BCUT2D eigenvalue weighted by Gasteiger charge is -2.03. The molecule has 0 atom stereocenters. The van der Waals surface area contributed by atoms with Gasteiger partial charge in [0.1, 0.15) is 12.4 Å². The van der Waals surface area contributed by atoms with Crippen molar-refractivity contribution in [1.82, 2.24) is 0 Å². The zero-order chi connectivity index (χ0) is 12.5. The van der Waals surface area contributed by atoms with Crippen LogP contribution < -0.4 is 4.74 Å². The van der Waals surface area contributed by atoms with Gasteiger partial charge in [-0.15, -0.1) is 0 Å². The number of ether oxygens (including phenoxy) is 3. The van der Waals surface area contributed by atoms with Gasteiger partial charge in [-0.3, -0.25) is 0 Å². The molecular weight excluding hydrogens is 216 g/mol. The van der Waals surface area contributed by atoms with Crippen LogP contribution in [0.4, 0.5) is 0 Å². The van der Waals surface area contributed by atoms with Crippen molar-refractivity contribution in [1.29, 1.82) is 0 Å². The lowest BCUT2D eigenvalue weighted by atomic mass is 10.2. The molecule has 1 aromatic carbocycles. The quantitative estimate of drug-likeness (QED) is 0.558. The molecule has 1 aromatic rings.